The molecule has 0 radical (unpaired) electrons. The third-order valence-electron chi connectivity index (χ3n) is 5.06. The number of rotatable bonds is 7. The van der Waals surface area contributed by atoms with Gasteiger partial charge in [0.1, 0.15) is 19.0 Å². The minimum absolute atomic E-state index is 0.0505. The van der Waals surface area contributed by atoms with E-state index in [0.29, 0.717) is 41.9 Å². The first-order valence-electron chi connectivity index (χ1n) is 10.1. The number of imidazole rings is 1. The summed E-state index contributed by atoms with van der Waals surface area (Å²) in [5.74, 6) is 0.452. The smallest absolute Gasteiger partial charge is 0.253 e. The normalized spacial score (nSPS) is 13.9. The molecule has 1 aliphatic heterocycles. The van der Waals surface area contributed by atoms with E-state index in [2.05, 4.69) is 10.3 Å². The van der Waals surface area contributed by atoms with Gasteiger partial charge in [0.25, 0.3) is 11.8 Å². The van der Waals surface area contributed by atoms with E-state index in [-0.39, 0.29) is 25.0 Å². The van der Waals surface area contributed by atoms with E-state index in [4.69, 9.17) is 21.1 Å². The monoisotopic (exact) mass is 454 g/mol. The van der Waals surface area contributed by atoms with Crippen molar-refractivity contribution >= 4 is 29.1 Å². The zero-order chi connectivity index (χ0) is 22.5. The summed E-state index contributed by atoms with van der Waals surface area (Å²) in [6.07, 6.45) is 1.87. The van der Waals surface area contributed by atoms with Crippen LogP contribution in [0.2, 0.25) is 5.02 Å². The number of hydrogen-bond acceptors (Lipinski definition) is 5. The van der Waals surface area contributed by atoms with E-state index < -0.39 is 0 Å². The van der Waals surface area contributed by atoms with Crippen molar-refractivity contribution in [2.75, 3.05) is 31.8 Å². The second-order valence-electron chi connectivity index (χ2n) is 7.26. The molecule has 32 heavy (non-hydrogen) atoms. The van der Waals surface area contributed by atoms with Gasteiger partial charge in [-0.05, 0) is 48.5 Å². The zero-order valence-electron chi connectivity index (χ0n) is 17.6. The van der Waals surface area contributed by atoms with Crippen LogP contribution in [0.15, 0.2) is 54.7 Å². The van der Waals surface area contributed by atoms with Gasteiger partial charge in [-0.25, -0.2) is 4.98 Å². The maximum Gasteiger partial charge on any atom is 0.253 e. The minimum Gasteiger partial charge on any atom is -0.377 e. The molecule has 8 nitrogen and oxygen atoms in total. The van der Waals surface area contributed by atoms with E-state index in [1.54, 1.807) is 36.3 Å². The Morgan fingerprint density at radius 1 is 1.16 bits per heavy atom. The predicted molar refractivity (Wildman–Crippen MR) is 120 cm³/mol. The van der Waals surface area contributed by atoms with Gasteiger partial charge in [-0.2, -0.15) is 0 Å². The average Bonchev–Trinajstić information content (AvgIpc) is 3.21. The molecule has 0 saturated carbocycles. The second-order valence-corrected chi connectivity index (χ2v) is 7.69. The molecule has 1 aromatic heterocycles. The molecule has 0 unspecified atom stereocenters. The van der Waals surface area contributed by atoms with Gasteiger partial charge in [-0.15, -0.1) is 0 Å². The summed E-state index contributed by atoms with van der Waals surface area (Å²) in [6.45, 7) is 1.75. The maximum absolute atomic E-state index is 12.4. The van der Waals surface area contributed by atoms with Crippen molar-refractivity contribution in [1.82, 2.24) is 14.9 Å². The molecule has 0 aliphatic carbocycles. The number of anilines is 1. The highest BCUT2D eigenvalue weighted by Gasteiger charge is 2.20. The molecule has 9 heteroatoms. The van der Waals surface area contributed by atoms with Gasteiger partial charge >= 0.3 is 0 Å². The Labute approximate surface area is 190 Å². The van der Waals surface area contributed by atoms with Crippen molar-refractivity contribution in [3.8, 4) is 5.69 Å². The summed E-state index contributed by atoms with van der Waals surface area (Å²) in [5, 5.41) is 3.45. The largest absolute Gasteiger partial charge is 0.377 e. The highest BCUT2D eigenvalue weighted by atomic mass is 35.5. The number of ether oxygens (including phenoxy) is 2. The van der Waals surface area contributed by atoms with E-state index in [1.807, 2.05) is 35.0 Å². The Bertz CT molecular complexity index is 1100. The molecule has 1 N–H and O–H groups in total. The predicted octanol–water partition coefficient (Wildman–Crippen LogP) is 2.97. The number of carbonyl (C=O) groups is 2. The molecule has 1 aliphatic rings. The number of nitrogens with zero attached hydrogens (tertiary/aromatic N) is 3. The van der Waals surface area contributed by atoms with Gasteiger partial charge in [0, 0.05) is 41.8 Å². The number of hydrogen-bond donors (Lipinski definition) is 1. The Morgan fingerprint density at radius 3 is 2.56 bits per heavy atom. The molecule has 3 aromatic rings. The van der Waals surface area contributed by atoms with Gasteiger partial charge in [0.15, 0.2) is 0 Å². The molecule has 4 rings (SSSR count). The summed E-state index contributed by atoms with van der Waals surface area (Å²) in [7, 11) is 1.61. The number of amides is 2. The molecule has 1 fully saturated rings. The standard InChI is InChI=1S/C23H23ClN4O4/c1-31-14-21-26-18(12-25-23(30)16-2-4-17(24)5-3-16)13-28(21)20-8-6-19(7-9-20)27-10-11-32-15-22(27)29/h2-9,13H,10-12,14-15H2,1H3,(H,25,30). The highest BCUT2D eigenvalue weighted by Crippen LogP contribution is 2.21. The molecule has 0 spiro atoms. The van der Waals surface area contributed by atoms with Gasteiger partial charge < -0.3 is 24.3 Å². The Kier molecular flexibility index (Phi) is 6.84. The summed E-state index contributed by atoms with van der Waals surface area (Å²) in [5.41, 5.74) is 2.93. The number of nitrogens with one attached hydrogen (secondary N) is 1. The van der Waals surface area contributed by atoms with Gasteiger partial charge in [0.2, 0.25) is 0 Å². The summed E-state index contributed by atoms with van der Waals surface area (Å²) >= 11 is 5.88. The highest BCUT2D eigenvalue weighted by molar-refractivity contribution is 6.30. The SMILES string of the molecule is COCc1nc(CNC(=O)c2ccc(Cl)cc2)cn1-c1ccc(N2CCOCC2=O)cc1. The van der Waals surface area contributed by atoms with E-state index in [1.165, 1.54) is 0 Å². The molecular formula is C23H23ClN4O4. The number of aromatic nitrogens is 2. The van der Waals surface area contributed by atoms with Crippen LogP contribution >= 0.6 is 11.6 Å². The van der Waals surface area contributed by atoms with Crippen LogP contribution in [0.4, 0.5) is 5.69 Å². The third-order valence-corrected chi connectivity index (χ3v) is 5.32. The van der Waals surface area contributed by atoms with Crippen LogP contribution in [0.5, 0.6) is 0 Å². The van der Waals surface area contributed by atoms with E-state index in [0.717, 1.165) is 11.4 Å². The van der Waals surface area contributed by atoms with Crippen molar-refractivity contribution in [3.63, 3.8) is 0 Å². The van der Waals surface area contributed by atoms with Crippen molar-refractivity contribution in [3.05, 3.63) is 76.8 Å². The minimum atomic E-state index is -0.205. The van der Waals surface area contributed by atoms with Crippen molar-refractivity contribution < 1.29 is 19.1 Å². The van der Waals surface area contributed by atoms with Crippen molar-refractivity contribution in [1.29, 1.82) is 0 Å². The Hall–Kier alpha value is -3.20. The molecule has 1 saturated heterocycles. The molecular weight excluding hydrogens is 432 g/mol. The van der Waals surface area contributed by atoms with Crippen molar-refractivity contribution in [2.45, 2.75) is 13.2 Å². The summed E-state index contributed by atoms with van der Waals surface area (Å²) < 4.78 is 12.4. The van der Waals surface area contributed by atoms with E-state index >= 15 is 0 Å². The van der Waals surface area contributed by atoms with Crippen molar-refractivity contribution in [2.24, 2.45) is 0 Å². The van der Waals surface area contributed by atoms with E-state index in [9.17, 15) is 9.59 Å². The summed E-state index contributed by atoms with van der Waals surface area (Å²) in [4.78, 5) is 30.8. The van der Waals surface area contributed by atoms with Crippen LogP contribution in [0, 0.1) is 0 Å². The lowest BCUT2D eigenvalue weighted by Crippen LogP contribution is -2.41. The third kappa shape index (κ3) is 4.99. The Balaban J connectivity index is 1.49. The lowest BCUT2D eigenvalue weighted by atomic mass is 10.2. The van der Waals surface area contributed by atoms with Crippen LogP contribution in [0.3, 0.4) is 0 Å². The summed E-state index contributed by atoms with van der Waals surface area (Å²) in [6, 6.07) is 14.4. The fraction of sp³-hybridized carbons (Fsp3) is 0.261. The number of morpholine rings is 1. The lowest BCUT2D eigenvalue weighted by molar-refractivity contribution is -0.125. The van der Waals surface area contributed by atoms with Gasteiger partial charge in [-0.1, -0.05) is 11.6 Å². The fourth-order valence-corrected chi connectivity index (χ4v) is 3.60. The van der Waals surface area contributed by atoms with Gasteiger partial charge in [-0.3, -0.25) is 9.59 Å². The first kappa shape index (κ1) is 22.0. The second kappa shape index (κ2) is 9.95. The van der Waals surface area contributed by atoms with Crippen LogP contribution in [-0.2, 0) is 27.4 Å². The molecule has 2 amide bonds. The van der Waals surface area contributed by atoms with Crippen LogP contribution in [0.1, 0.15) is 21.9 Å². The molecule has 0 bridgehead atoms. The zero-order valence-corrected chi connectivity index (χ0v) is 18.3. The maximum atomic E-state index is 12.4. The molecule has 2 aromatic carbocycles. The number of carbonyl (C=O) groups excluding carboxylic acids is 2. The molecule has 166 valence electrons. The molecule has 2 heterocycles. The number of benzene rings is 2. The average molecular weight is 455 g/mol. The van der Waals surface area contributed by atoms with Crippen LogP contribution in [0.25, 0.3) is 5.69 Å². The molecule has 0 atom stereocenters. The first-order chi connectivity index (χ1) is 15.5. The first-order valence-corrected chi connectivity index (χ1v) is 10.5. The fourth-order valence-electron chi connectivity index (χ4n) is 3.47. The number of methoxy groups -OCH3 is 1. The quantitative estimate of drug-likeness (QED) is 0.593. The lowest BCUT2D eigenvalue weighted by Gasteiger charge is -2.27. The van der Waals surface area contributed by atoms with Gasteiger partial charge in [0.05, 0.1) is 18.8 Å². The number of halogens is 1. The Morgan fingerprint density at radius 2 is 1.88 bits per heavy atom. The van der Waals surface area contributed by atoms with Crippen LogP contribution < -0.4 is 10.2 Å². The van der Waals surface area contributed by atoms with Crippen LogP contribution in [-0.4, -0.2) is 48.2 Å². The topological polar surface area (TPSA) is 85.7 Å².